The van der Waals surface area contributed by atoms with Crippen molar-refractivity contribution < 1.29 is 9.90 Å². The van der Waals surface area contributed by atoms with Crippen LogP contribution in [0.2, 0.25) is 0 Å². The molecule has 2 heterocycles. The summed E-state index contributed by atoms with van der Waals surface area (Å²) in [5, 5.41) is 12.0. The van der Waals surface area contributed by atoms with Crippen LogP contribution in [0.25, 0.3) is 10.9 Å². The van der Waals surface area contributed by atoms with Crippen LogP contribution in [0.5, 0.6) is 0 Å². The van der Waals surface area contributed by atoms with Gasteiger partial charge in [-0.25, -0.2) is 4.79 Å². The van der Waals surface area contributed by atoms with E-state index in [-0.39, 0.29) is 0 Å². The molecule has 0 aliphatic rings. The number of rotatable bonds is 3. The summed E-state index contributed by atoms with van der Waals surface area (Å²) in [4.78, 5) is 12.4. The van der Waals surface area contributed by atoms with Gasteiger partial charge in [-0.2, -0.15) is 0 Å². The number of hydrogen-bond donors (Lipinski definition) is 1. The summed E-state index contributed by atoms with van der Waals surface area (Å²) in [7, 11) is 0. The molecule has 0 saturated carbocycles. The summed E-state index contributed by atoms with van der Waals surface area (Å²) in [6.45, 7) is 0.782. The predicted molar refractivity (Wildman–Crippen MR) is 72.3 cm³/mol. The van der Waals surface area contributed by atoms with Crippen molar-refractivity contribution in [3.8, 4) is 0 Å². The molecule has 3 aromatic rings. The Balaban J connectivity index is 2.09. The lowest BCUT2D eigenvalue weighted by Gasteiger charge is -2.04. The molecule has 0 unspecified atom stereocenters. The molecule has 0 bridgehead atoms. The first-order chi connectivity index (χ1) is 8.75. The molecule has 1 N–H and O–H groups in total. The second-order valence-corrected chi connectivity index (χ2v) is 5.10. The number of benzene rings is 1. The molecule has 0 saturated heterocycles. The van der Waals surface area contributed by atoms with Gasteiger partial charge in [-0.3, -0.25) is 0 Å². The maximum Gasteiger partial charge on any atom is 0.336 e. The van der Waals surface area contributed by atoms with Crippen molar-refractivity contribution in [1.82, 2.24) is 4.57 Å². The highest BCUT2D eigenvalue weighted by Gasteiger charge is 2.10. The van der Waals surface area contributed by atoms with Crippen LogP contribution in [-0.2, 0) is 6.54 Å². The molecular weight excluding hydrogens is 246 g/mol. The van der Waals surface area contributed by atoms with E-state index in [0.717, 1.165) is 17.4 Å². The van der Waals surface area contributed by atoms with Crippen molar-refractivity contribution in [2.75, 3.05) is 0 Å². The van der Waals surface area contributed by atoms with Crippen LogP contribution in [0.15, 0.2) is 48.0 Å². The number of fused-ring (bicyclic) bond motifs is 1. The summed E-state index contributed by atoms with van der Waals surface area (Å²) < 4.78 is 2.08. The first kappa shape index (κ1) is 11.0. The molecule has 0 spiro atoms. The van der Waals surface area contributed by atoms with Gasteiger partial charge in [-0.05, 0) is 29.6 Å². The summed E-state index contributed by atoms with van der Waals surface area (Å²) in [6.07, 6.45) is 1.94. The van der Waals surface area contributed by atoms with Gasteiger partial charge in [-0.1, -0.05) is 12.1 Å². The first-order valence-corrected chi connectivity index (χ1v) is 6.47. The minimum Gasteiger partial charge on any atom is -0.478 e. The van der Waals surface area contributed by atoms with E-state index < -0.39 is 5.97 Å². The Morgan fingerprint density at radius 3 is 2.83 bits per heavy atom. The molecule has 0 amide bonds. The highest BCUT2D eigenvalue weighted by atomic mass is 32.1. The summed E-state index contributed by atoms with van der Waals surface area (Å²) in [6, 6.07) is 11.4. The number of aromatic carboxylic acids is 1. The molecule has 0 radical (unpaired) electrons. The van der Waals surface area contributed by atoms with Crippen LogP contribution < -0.4 is 0 Å². The summed E-state index contributed by atoms with van der Waals surface area (Å²) in [5.74, 6) is -0.880. The van der Waals surface area contributed by atoms with Gasteiger partial charge >= 0.3 is 5.97 Å². The molecule has 90 valence electrons. The van der Waals surface area contributed by atoms with Crippen LogP contribution in [0, 0.1) is 0 Å². The van der Waals surface area contributed by atoms with Gasteiger partial charge in [0.1, 0.15) is 0 Å². The first-order valence-electron chi connectivity index (χ1n) is 5.59. The van der Waals surface area contributed by atoms with E-state index in [9.17, 15) is 4.79 Å². The maximum absolute atomic E-state index is 11.1. The number of aromatic nitrogens is 1. The molecule has 0 fully saturated rings. The fraction of sp³-hybridized carbons (Fsp3) is 0.0714. The van der Waals surface area contributed by atoms with Gasteiger partial charge < -0.3 is 9.67 Å². The quantitative estimate of drug-likeness (QED) is 0.780. The SMILES string of the molecule is O=C(O)c1cccc2c1ccn2Cc1cccs1. The van der Waals surface area contributed by atoms with E-state index in [0.29, 0.717) is 5.56 Å². The smallest absolute Gasteiger partial charge is 0.336 e. The Kier molecular flexibility index (Phi) is 2.64. The van der Waals surface area contributed by atoms with Gasteiger partial charge in [0.25, 0.3) is 0 Å². The van der Waals surface area contributed by atoms with E-state index in [1.54, 1.807) is 23.5 Å². The van der Waals surface area contributed by atoms with Gasteiger partial charge in [0, 0.05) is 22.0 Å². The zero-order chi connectivity index (χ0) is 12.5. The lowest BCUT2D eigenvalue weighted by molar-refractivity contribution is 0.0699. The third-order valence-electron chi connectivity index (χ3n) is 2.95. The number of carboxylic acids is 1. The minimum absolute atomic E-state index is 0.359. The van der Waals surface area contributed by atoms with Crippen molar-refractivity contribution in [3.05, 3.63) is 58.4 Å². The van der Waals surface area contributed by atoms with E-state index >= 15 is 0 Å². The molecule has 4 heteroatoms. The fourth-order valence-corrected chi connectivity index (χ4v) is 2.82. The molecule has 1 aromatic carbocycles. The number of carbonyl (C=O) groups is 1. The van der Waals surface area contributed by atoms with Crippen molar-refractivity contribution in [3.63, 3.8) is 0 Å². The van der Waals surface area contributed by atoms with E-state index in [1.807, 2.05) is 29.8 Å². The molecule has 18 heavy (non-hydrogen) atoms. The Morgan fingerprint density at radius 2 is 2.11 bits per heavy atom. The van der Waals surface area contributed by atoms with Crippen molar-refractivity contribution in [2.24, 2.45) is 0 Å². The predicted octanol–water partition coefficient (Wildman–Crippen LogP) is 3.45. The number of hydrogen-bond acceptors (Lipinski definition) is 2. The third-order valence-corrected chi connectivity index (χ3v) is 3.81. The lowest BCUT2D eigenvalue weighted by Crippen LogP contribution is -1.98. The second-order valence-electron chi connectivity index (χ2n) is 4.07. The summed E-state index contributed by atoms with van der Waals surface area (Å²) >= 11 is 1.70. The molecule has 3 nitrogen and oxygen atoms in total. The van der Waals surface area contributed by atoms with Crippen molar-refractivity contribution in [1.29, 1.82) is 0 Å². The van der Waals surface area contributed by atoms with Gasteiger partial charge in [0.05, 0.1) is 12.1 Å². The zero-order valence-corrected chi connectivity index (χ0v) is 10.4. The average Bonchev–Trinajstić information content (AvgIpc) is 2.99. The molecule has 3 rings (SSSR count). The topological polar surface area (TPSA) is 42.2 Å². The van der Waals surface area contributed by atoms with Crippen LogP contribution in [0.4, 0.5) is 0 Å². The van der Waals surface area contributed by atoms with Crippen LogP contribution >= 0.6 is 11.3 Å². The van der Waals surface area contributed by atoms with Crippen LogP contribution in [-0.4, -0.2) is 15.6 Å². The number of thiophene rings is 1. The lowest BCUT2D eigenvalue weighted by atomic mass is 10.1. The van der Waals surface area contributed by atoms with E-state index in [2.05, 4.69) is 10.6 Å². The highest BCUT2D eigenvalue weighted by Crippen LogP contribution is 2.22. The molecule has 0 aliphatic carbocycles. The van der Waals surface area contributed by atoms with E-state index in [4.69, 9.17) is 5.11 Å². The highest BCUT2D eigenvalue weighted by molar-refractivity contribution is 7.09. The maximum atomic E-state index is 11.1. The monoisotopic (exact) mass is 257 g/mol. The second kappa shape index (κ2) is 4.31. The Morgan fingerprint density at radius 1 is 1.22 bits per heavy atom. The average molecular weight is 257 g/mol. The standard InChI is InChI=1S/C14H11NO2S/c16-14(17)12-4-1-5-13-11(12)6-7-15(13)9-10-3-2-8-18-10/h1-8H,9H2,(H,16,17). The zero-order valence-electron chi connectivity index (χ0n) is 9.54. The van der Waals surface area contributed by atoms with Crippen molar-refractivity contribution >= 4 is 28.2 Å². The summed E-state index contributed by atoms with van der Waals surface area (Å²) in [5.41, 5.74) is 1.32. The number of carboxylic acid groups (broad SMARTS) is 1. The Hall–Kier alpha value is -2.07. The minimum atomic E-state index is -0.880. The largest absolute Gasteiger partial charge is 0.478 e. The van der Waals surface area contributed by atoms with Crippen molar-refractivity contribution in [2.45, 2.75) is 6.54 Å². The van der Waals surface area contributed by atoms with Gasteiger partial charge in [0.2, 0.25) is 0 Å². The molecular formula is C14H11NO2S. The molecule has 0 aliphatic heterocycles. The van der Waals surface area contributed by atoms with E-state index in [1.165, 1.54) is 4.88 Å². The fourth-order valence-electron chi connectivity index (χ4n) is 2.12. The molecule has 0 atom stereocenters. The van der Waals surface area contributed by atoms with Crippen LogP contribution in [0.1, 0.15) is 15.2 Å². The van der Waals surface area contributed by atoms with Gasteiger partial charge in [-0.15, -0.1) is 11.3 Å². The normalized spacial score (nSPS) is 10.9. The van der Waals surface area contributed by atoms with Gasteiger partial charge in [0.15, 0.2) is 0 Å². The molecule has 2 aromatic heterocycles. The number of nitrogens with zero attached hydrogens (tertiary/aromatic N) is 1. The Bertz CT molecular complexity index is 698. The van der Waals surface area contributed by atoms with Crippen LogP contribution in [0.3, 0.4) is 0 Å². The Labute approximate surface area is 108 Å². The third kappa shape index (κ3) is 1.80.